The second-order valence-corrected chi connectivity index (χ2v) is 8.13. The summed E-state index contributed by atoms with van der Waals surface area (Å²) in [5.41, 5.74) is 1.05. The van der Waals surface area contributed by atoms with Crippen molar-refractivity contribution in [2.75, 3.05) is 13.1 Å². The molecule has 1 aliphatic carbocycles. The highest BCUT2D eigenvalue weighted by Gasteiger charge is 2.37. The van der Waals surface area contributed by atoms with Gasteiger partial charge < -0.3 is 4.90 Å². The molecule has 2 fully saturated rings. The molecule has 122 valence electrons. The summed E-state index contributed by atoms with van der Waals surface area (Å²) in [6.07, 6.45) is 6.71. The Kier molecular flexibility index (Phi) is 4.85. The Morgan fingerprint density at radius 3 is 2.18 bits per heavy atom. The average molecular weight is 323 g/mol. The predicted octanol–water partition coefficient (Wildman–Crippen LogP) is 3.11. The number of benzene rings is 1. The second-order valence-electron chi connectivity index (χ2n) is 6.56. The lowest BCUT2D eigenvalue weighted by Crippen LogP contribution is -2.48. The molecule has 0 atom stereocenters. The summed E-state index contributed by atoms with van der Waals surface area (Å²) in [6, 6.07) is 7.36. The second kappa shape index (κ2) is 6.69. The van der Waals surface area contributed by atoms with Crippen LogP contribution < -0.4 is 0 Å². The molecule has 0 N–H and O–H groups in total. The van der Waals surface area contributed by atoms with Crippen LogP contribution in [0.1, 0.15) is 44.1 Å². The van der Waals surface area contributed by atoms with Crippen LogP contribution in [0.3, 0.4) is 0 Å². The van der Waals surface area contributed by atoms with Crippen molar-refractivity contribution in [2.24, 2.45) is 0 Å². The van der Waals surface area contributed by atoms with Gasteiger partial charge in [0.2, 0.25) is 0 Å². The first kappa shape index (κ1) is 16.0. The maximum Gasteiger partial charge on any atom is 0.297 e. The largest absolute Gasteiger partial charge is 0.300 e. The van der Waals surface area contributed by atoms with Crippen LogP contribution in [0.5, 0.6) is 0 Å². The molecule has 0 amide bonds. The van der Waals surface area contributed by atoms with Crippen LogP contribution in [0.25, 0.3) is 0 Å². The SMILES string of the molecule is Cc1ccc(S(=O)(=O)O[C@H]2C[C@@H](N3CCCCCC3)C2)cc1. The van der Waals surface area contributed by atoms with Crippen molar-refractivity contribution in [3.05, 3.63) is 29.8 Å². The lowest BCUT2D eigenvalue weighted by molar-refractivity contribution is 0.0226. The van der Waals surface area contributed by atoms with E-state index in [9.17, 15) is 8.42 Å². The van der Waals surface area contributed by atoms with E-state index in [1.54, 1.807) is 24.3 Å². The molecule has 1 saturated heterocycles. The number of hydrogen-bond acceptors (Lipinski definition) is 4. The van der Waals surface area contributed by atoms with Gasteiger partial charge in [-0.15, -0.1) is 0 Å². The topological polar surface area (TPSA) is 46.6 Å². The molecule has 0 aromatic heterocycles. The van der Waals surface area contributed by atoms with Crippen LogP contribution in [-0.4, -0.2) is 38.6 Å². The molecule has 0 unspecified atom stereocenters. The number of aryl methyl sites for hydroxylation is 1. The zero-order chi connectivity index (χ0) is 15.6. The zero-order valence-corrected chi connectivity index (χ0v) is 14.0. The van der Waals surface area contributed by atoms with Gasteiger partial charge in [0.25, 0.3) is 10.1 Å². The lowest BCUT2D eigenvalue weighted by atomic mass is 9.88. The molecule has 1 saturated carbocycles. The highest BCUT2D eigenvalue weighted by molar-refractivity contribution is 7.86. The lowest BCUT2D eigenvalue weighted by Gasteiger charge is -2.41. The number of rotatable bonds is 4. The van der Waals surface area contributed by atoms with Gasteiger partial charge in [-0.05, 0) is 57.8 Å². The highest BCUT2D eigenvalue weighted by atomic mass is 32.2. The third-order valence-corrected chi connectivity index (χ3v) is 6.17. The van der Waals surface area contributed by atoms with Gasteiger partial charge in [-0.3, -0.25) is 4.18 Å². The van der Waals surface area contributed by atoms with Crippen LogP contribution in [-0.2, 0) is 14.3 Å². The van der Waals surface area contributed by atoms with Gasteiger partial charge in [-0.25, -0.2) is 0 Å². The van der Waals surface area contributed by atoms with Crippen molar-refractivity contribution in [2.45, 2.75) is 62.5 Å². The smallest absolute Gasteiger partial charge is 0.297 e. The first-order valence-electron chi connectivity index (χ1n) is 8.28. The number of hydrogen-bond donors (Lipinski definition) is 0. The first-order valence-corrected chi connectivity index (χ1v) is 9.69. The molecule has 0 bridgehead atoms. The van der Waals surface area contributed by atoms with Gasteiger partial charge in [0.1, 0.15) is 0 Å². The standard InChI is InChI=1S/C17H25NO3S/c1-14-6-8-17(9-7-14)22(19,20)21-16-12-15(13-16)18-10-4-2-3-5-11-18/h6-9,15-16H,2-5,10-13H2,1H3/t15-,16+. The molecular weight excluding hydrogens is 298 g/mol. The Morgan fingerprint density at radius 1 is 1.00 bits per heavy atom. The van der Waals surface area contributed by atoms with Gasteiger partial charge in [0.05, 0.1) is 11.0 Å². The predicted molar refractivity (Wildman–Crippen MR) is 86.3 cm³/mol. The molecule has 3 rings (SSSR count). The molecule has 5 heteroatoms. The molecule has 0 spiro atoms. The van der Waals surface area contributed by atoms with Gasteiger partial charge in [-0.2, -0.15) is 8.42 Å². The number of likely N-dealkylation sites (tertiary alicyclic amines) is 1. The fourth-order valence-electron chi connectivity index (χ4n) is 3.31. The van der Waals surface area contributed by atoms with Crippen LogP contribution >= 0.6 is 0 Å². The van der Waals surface area contributed by atoms with E-state index >= 15 is 0 Å². The van der Waals surface area contributed by atoms with Crippen molar-refractivity contribution < 1.29 is 12.6 Å². The van der Waals surface area contributed by atoms with E-state index in [0.717, 1.165) is 31.5 Å². The Bertz CT molecular complexity index is 583. The quantitative estimate of drug-likeness (QED) is 0.799. The van der Waals surface area contributed by atoms with Gasteiger partial charge in [0.15, 0.2) is 0 Å². The summed E-state index contributed by atoms with van der Waals surface area (Å²) in [5.74, 6) is 0. The Labute approximate surface area is 133 Å². The summed E-state index contributed by atoms with van der Waals surface area (Å²) in [7, 11) is -3.62. The number of nitrogens with zero attached hydrogens (tertiary/aromatic N) is 1. The molecule has 1 aliphatic heterocycles. The van der Waals surface area contributed by atoms with Crippen LogP contribution in [0.2, 0.25) is 0 Å². The van der Waals surface area contributed by atoms with E-state index < -0.39 is 10.1 Å². The van der Waals surface area contributed by atoms with E-state index in [-0.39, 0.29) is 11.0 Å². The van der Waals surface area contributed by atoms with Gasteiger partial charge in [-0.1, -0.05) is 30.5 Å². The molecule has 0 radical (unpaired) electrons. The Morgan fingerprint density at radius 2 is 1.59 bits per heavy atom. The van der Waals surface area contributed by atoms with Crippen molar-refractivity contribution in [3.8, 4) is 0 Å². The van der Waals surface area contributed by atoms with Crippen molar-refractivity contribution >= 4 is 10.1 Å². The van der Waals surface area contributed by atoms with E-state index in [2.05, 4.69) is 4.90 Å². The molecule has 4 nitrogen and oxygen atoms in total. The van der Waals surface area contributed by atoms with Crippen LogP contribution in [0.4, 0.5) is 0 Å². The summed E-state index contributed by atoms with van der Waals surface area (Å²) in [5, 5.41) is 0. The average Bonchev–Trinajstić information content (AvgIpc) is 2.72. The Hall–Kier alpha value is -0.910. The molecule has 1 aromatic rings. The van der Waals surface area contributed by atoms with Gasteiger partial charge >= 0.3 is 0 Å². The minimum Gasteiger partial charge on any atom is -0.300 e. The van der Waals surface area contributed by atoms with Crippen molar-refractivity contribution in [1.82, 2.24) is 4.90 Å². The fourth-order valence-corrected chi connectivity index (χ4v) is 4.41. The molecule has 1 aromatic carbocycles. The first-order chi connectivity index (χ1) is 10.5. The molecule has 2 aliphatic rings. The molecular formula is C17H25NO3S. The van der Waals surface area contributed by atoms with E-state index in [1.807, 2.05) is 6.92 Å². The summed E-state index contributed by atoms with van der Waals surface area (Å²) in [4.78, 5) is 2.78. The van der Waals surface area contributed by atoms with Crippen molar-refractivity contribution in [3.63, 3.8) is 0 Å². The van der Waals surface area contributed by atoms with Gasteiger partial charge in [0, 0.05) is 6.04 Å². The third-order valence-electron chi connectivity index (χ3n) is 4.80. The summed E-state index contributed by atoms with van der Waals surface area (Å²) >= 11 is 0. The molecule has 1 heterocycles. The minimum atomic E-state index is -3.62. The van der Waals surface area contributed by atoms with Crippen LogP contribution in [0, 0.1) is 6.92 Å². The summed E-state index contributed by atoms with van der Waals surface area (Å²) in [6.45, 7) is 4.25. The maximum atomic E-state index is 12.2. The summed E-state index contributed by atoms with van der Waals surface area (Å²) < 4.78 is 29.9. The zero-order valence-electron chi connectivity index (χ0n) is 13.2. The minimum absolute atomic E-state index is 0.153. The van der Waals surface area contributed by atoms with Crippen LogP contribution in [0.15, 0.2) is 29.2 Å². The van der Waals surface area contributed by atoms with Crippen molar-refractivity contribution in [1.29, 1.82) is 0 Å². The normalized spacial score (nSPS) is 27.1. The monoisotopic (exact) mass is 323 g/mol. The molecule has 22 heavy (non-hydrogen) atoms. The Balaban J connectivity index is 1.53. The maximum absolute atomic E-state index is 12.2. The highest BCUT2D eigenvalue weighted by Crippen LogP contribution is 2.32. The van der Waals surface area contributed by atoms with E-state index in [1.165, 1.54) is 25.7 Å². The van der Waals surface area contributed by atoms with E-state index in [0.29, 0.717) is 6.04 Å². The van der Waals surface area contributed by atoms with E-state index in [4.69, 9.17) is 4.18 Å². The fraction of sp³-hybridized carbons (Fsp3) is 0.647. The third kappa shape index (κ3) is 3.70.